The second kappa shape index (κ2) is 43.4. The highest BCUT2D eigenvalue weighted by Crippen LogP contribution is 2.20. The van der Waals surface area contributed by atoms with Crippen LogP contribution < -0.4 is 0 Å². The Morgan fingerprint density at radius 2 is 0.839 bits per heavy atom. The molecule has 0 aliphatic heterocycles. The molecule has 0 rings (SSSR count). The average molecular weight is 884 g/mol. The minimum atomic E-state index is -1.29. The third-order valence-electron chi connectivity index (χ3n) is 11.2. The number of likely N-dealkylation sites (N-methyl/N-ethyl adjacent to an activating group) is 1. The molecule has 0 spiro atoms. The summed E-state index contributed by atoms with van der Waals surface area (Å²) >= 11 is 0. The standard InChI is InChI=1S/C50H93NO11/c1-7-11-13-17-23-31-43(29-9-3)41-60-46(52)33-25-19-15-21-27-38-57-48(54)36-35-45(62-50(56)59-40-37-51(5)6)49(55)58-39-28-22-16-20-26-34-47(53)61-42-44(30-10-4)32-24-18-14-12-8-2/h43-45H,7-42H2,1-6H3. The van der Waals surface area contributed by atoms with Gasteiger partial charge in [-0.1, -0.05) is 143 Å². The Hall–Kier alpha value is -2.89. The molecular formula is C50H93NO11. The van der Waals surface area contributed by atoms with Gasteiger partial charge in [-0.05, 0) is 77.3 Å². The summed E-state index contributed by atoms with van der Waals surface area (Å²) in [5.41, 5.74) is 0. The van der Waals surface area contributed by atoms with Crippen molar-refractivity contribution in [3.8, 4) is 0 Å². The molecule has 0 bridgehead atoms. The monoisotopic (exact) mass is 884 g/mol. The quantitative estimate of drug-likeness (QED) is 0.0326. The fourth-order valence-electron chi connectivity index (χ4n) is 7.34. The van der Waals surface area contributed by atoms with Crippen LogP contribution in [0.5, 0.6) is 0 Å². The minimum absolute atomic E-state index is 0.0804. The zero-order chi connectivity index (χ0) is 45.9. The summed E-state index contributed by atoms with van der Waals surface area (Å²) < 4.78 is 32.4. The molecule has 0 aliphatic carbocycles. The molecule has 0 heterocycles. The van der Waals surface area contributed by atoms with E-state index in [0.29, 0.717) is 57.3 Å². The molecule has 0 amide bonds. The van der Waals surface area contributed by atoms with E-state index in [9.17, 15) is 24.0 Å². The minimum Gasteiger partial charge on any atom is -0.466 e. The number of carbonyl (C=O) groups is 5. The molecule has 3 atom stereocenters. The number of esters is 4. The van der Waals surface area contributed by atoms with E-state index < -0.39 is 24.2 Å². The first kappa shape index (κ1) is 59.1. The lowest BCUT2D eigenvalue weighted by molar-refractivity contribution is -0.157. The maximum Gasteiger partial charge on any atom is 0.509 e. The Morgan fingerprint density at radius 3 is 1.32 bits per heavy atom. The van der Waals surface area contributed by atoms with Crippen molar-refractivity contribution < 1.29 is 52.4 Å². The number of ether oxygens (including phenoxy) is 6. The number of nitrogens with zero attached hydrogens (tertiary/aromatic N) is 1. The molecular weight excluding hydrogens is 791 g/mol. The fraction of sp³-hybridized carbons (Fsp3) is 0.900. The van der Waals surface area contributed by atoms with Gasteiger partial charge >= 0.3 is 30.0 Å². The Labute approximate surface area is 378 Å². The number of rotatable bonds is 44. The molecule has 0 radical (unpaired) electrons. The molecule has 3 unspecified atom stereocenters. The molecule has 0 aromatic heterocycles. The third kappa shape index (κ3) is 38.8. The zero-order valence-corrected chi connectivity index (χ0v) is 40.6. The van der Waals surface area contributed by atoms with Crippen LogP contribution in [0, 0.1) is 11.8 Å². The van der Waals surface area contributed by atoms with Gasteiger partial charge in [-0.15, -0.1) is 0 Å². The van der Waals surface area contributed by atoms with Crippen molar-refractivity contribution in [1.29, 1.82) is 0 Å². The third-order valence-corrected chi connectivity index (χ3v) is 11.2. The lowest BCUT2D eigenvalue weighted by Crippen LogP contribution is -2.31. The highest BCUT2D eigenvalue weighted by molar-refractivity contribution is 5.78. The lowest BCUT2D eigenvalue weighted by atomic mass is 9.97. The molecule has 364 valence electrons. The van der Waals surface area contributed by atoms with Crippen LogP contribution in [0.15, 0.2) is 0 Å². The highest BCUT2D eigenvalue weighted by Gasteiger charge is 2.27. The average Bonchev–Trinajstić information content (AvgIpc) is 3.24. The first-order valence-corrected chi connectivity index (χ1v) is 25.2. The van der Waals surface area contributed by atoms with Crippen molar-refractivity contribution in [2.75, 3.05) is 53.7 Å². The van der Waals surface area contributed by atoms with Gasteiger partial charge in [0.1, 0.15) is 6.61 Å². The Balaban J connectivity index is 4.39. The zero-order valence-electron chi connectivity index (χ0n) is 40.6. The van der Waals surface area contributed by atoms with Gasteiger partial charge < -0.3 is 33.3 Å². The van der Waals surface area contributed by atoms with E-state index in [4.69, 9.17) is 28.4 Å². The number of hydrogen-bond donors (Lipinski definition) is 0. The van der Waals surface area contributed by atoms with Crippen LogP contribution in [0.25, 0.3) is 0 Å². The first-order valence-electron chi connectivity index (χ1n) is 25.2. The molecule has 0 saturated heterocycles. The largest absolute Gasteiger partial charge is 0.509 e. The van der Waals surface area contributed by atoms with Gasteiger partial charge in [-0.25, -0.2) is 9.59 Å². The predicted molar refractivity (Wildman–Crippen MR) is 247 cm³/mol. The van der Waals surface area contributed by atoms with Crippen LogP contribution in [0.3, 0.4) is 0 Å². The summed E-state index contributed by atoms with van der Waals surface area (Å²) in [6, 6.07) is 0. The van der Waals surface area contributed by atoms with E-state index in [0.717, 1.165) is 89.9 Å². The highest BCUT2D eigenvalue weighted by atomic mass is 16.7. The van der Waals surface area contributed by atoms with Crippen LogP contribution in [0.4, 0.5) is 4.79 Å². The summed E-state index contributed by atoms with van der Waals surface area (Å²) in [5, 5.41) is 0. The molecule has 0 saturated carbocycles. The summed E-state index contributed by atoms with van der Waals surface area (Å²) in [4.78, 5) is 64.3. The second-order valence-corrected chi connectivity index (χ2v) is 17.6. The molecule has 12 nitrogen and oxygen atoms in total. The van der Waals surface area contributed by atoms with Gasteiger partial charge in [0.2, 0.25) is 6.10 Å². The van der Waals surface area contributed by atoms with Gasteiger partial charge in [0.15, 0.2) is 0 Å². The van der Waals surface area contributed by atoms with Crippen molar-refractivity contribution in [2.24, 2.45) is 11.8 Å². The second-order valence-electron chi connectivity index (χ2n) is 17.6. The maximum atomic E-state index is 12.9. The van der Waals surface area contributed by atoms with Crippen LogP contribution in [0.2, 0.25) is 0 Å². The summed E-state index contributed by atoms with van der Waals surface area (Å²) in [5.74, 6) is -0.546. The lowest BCUT2D eigenvalue weighted by Gasteiger charge is -2.17. The molecule has 0 aliphatic rings. The number of hydrogen-bond acceptors (Lipinski definition) is 12. The van der Waals surface area contributed by atoms with Gasteiger partial charge in [-0.2, -0.15) is 0 Å². The van der Waals surface area contributed by atoms with Gasteiger partial charge in [0.05, 0.1) is 26.4 Å². The van der Waals surface area contributed by atoms with E-state index in [1.165, 1.54) is 64.2 Å². The van der Waals surface area contributed by atoms with Gasteiger partial charge in [0.25, 0.3) is 0 Å². The molecule has 12 heteroatoms. The molecule has 0 aromatic carbocycles. The fourth-order valence-corrected chi connectivity index (χ4v) is 7.34. The van der Waals surface area contributed by atoms with E-state index in [2.05, 4.69) is 27.7 Å². The smallest absolute Gasteiger partial charge is 0.466 e. The van der Waals surface area contributed by atoms with Crippen molar-refractivity contribution >= 4 is 30.0 Å². The maximum absolute atomic E-state index is 12.9. The summed E-state index contributed by atoms with van der Waals surface area (Å²) in [6.07, 6.45) is 25.7. The Bertz CT molecular complexity index is 1100. The predicted octanol–water partition coefficient (Wildman–Crippen LogP) is 12.3. The SMILES string of the molecule is CCCCCCCC(CCC)COC(=O)CCCCCCCOC(=O)CCC(OC(=O)OCCN(C)C)C(=O)OCCCCCCCC(=O)OCC(CCC)CCCCCCC. The number of unbranched alkanes of at least 4 members (excludes halogenated alkanes) is 16. The molecule has 0 N–H and O–H groups in total. The topological polar surface area (TPSA) is 144 Å². The number of carbonyl (C=O) groups excluding carboxylic acids is 5. The summed E-state index contributed by atoms with van der Waals surface area (Å²) in [6.45, 7) is 10.8. The van der Waals surface area contributed by atoms with Crippen molar-refractivity contribution in [3.05, 3.63) is 0 Å². The van der Waals surface area contributed by atoms with E-state index in [1.54, 1.807) is 0 Å². The van der Waals surface area contributed by atoms with Crippen LogP contribution in [-0.4, -0.2) is 94.7 Å². The first-order chi connectivity index (χ1) is 30.1. The van der Waals surface area contributed by atoms with E-state index in [-0.39, 0.29) is 44.6 Å². The van der Waals surface area contributed by atoms with Crippen molar-refractivity contribution in [3.63, 3.8) is 0 Å². The van der Waals surface area contributed by atoms with Crippen LogP contribution in [-0.2, 0) is 47.6 Å². The molecule has 0 fully saturated rings. The van der Waals surface area contributed by atoms with Gasteiger partial charge in [-0.3, -0.25) is 14.4 Å². The normalized spacial score (nSPS) is 12.7. The van der Waals surface area contributed by atoms with Crippen molar-refractivity contribution in [1.82, 2.24) is 4.90 Å². The van der Waals surface area contributed by atoms with Crippen LogP contribution in [0.1, 0.15) is 220 Å². The molecule has 0 aromatic rings. The van der Waals surface area contributed by atoms with Crippen LogP contribution >= 0.6 is 0 Å². The Morgan fingerprint density at radius 1 is 0.403 bits per heavy atom. The molecule has 62 heavy (non-hydrogen) atoms. The van der Waals surface area contributed by atoms with Gasteiger partial charge in [0, 0.05) is 32.2 Å². The summed E-state index contributed by atoms with van der Waals surface area (Å²) in [7, 11) is 3.68. The van der Waals surface area contributed by atoms with E-state index >= 15 is 0 Å². The van der Waals surface area contributed by atoms with Crippen molar-refractivity contribution in [2.45, 2.75) is 226 Å². The Kier molecular flexibility index (Phi) is 41.3. The van der Waals surface area contributed by atoms with E-state index in [1.807, 2.05) is 19.0 Å².